The van der Waals surface area contributed by atoms with Gasteiger partial charge in [-0.05, 0) is 17.7 Å². The molecule has 0 saturated carbocycles. The highest BCUT2D eigenvalue weighted by molar-refractivity contribution is 5.73. The summed E-state index contributed by atoms with van der Waals surface area (Å²) in [7, 11) is 1.12. The zero-order valence-corrected chi connectivity index (χ0v) is 11.1. The average Bonchev–Trinajstić information content (AvgIpc) is 2.44. The first-order valence-electron chi connectivity index (χ1n) is 5.92. The molecule has 1 aromatic carbocycles. The highest BCUT2D eigenvalue weighted by Gasteiger charge is 2.36. The van der Waals surface area contributed by atoms with E-state index in [0.717, 1.165) is 25.3 Å². The van der Waals surface area contributed by atoms with Gasteiger partial charge < -0.3 is 4.74 Å². The summed E-state index contributed by atoms with van der Waals surface area (Å²) in [5, 5.41) is 0. The zero-order valence-electron chi connectivity index (χ0n) is 11.1. The van der Waals surface area contributed by atoms with E-state index >= 15 is 0 Å². The SMILES string of the molecule is COc1ncc(C(F)(F)F)cc1-c1ccccc1C(F)(F)F. The van der Waals surface area contributed by atoms with Gasteiger partial charge in [0.2, 0.25) is 5.88 Å². The number of pyridine rings is 1. The summed E-state index contributed by atoms with van der Waals surface area (Å²) in [4.78, 5) is 3.45. The Hall–Kier alpha value is -2.25. The Labute approximate surface area is 121 Å². The van der Waals surface area contributed by atoms with Crippen LogP contribution in [-0.4, -0.2) is 12.1 Å². The van der Waals surface area contributed by atoms with Crippen molar-refractivity contribution in [3.63, 3.8) is 0 Å². The minimum atomic E-state index is -4.72. The molecule has 0 N–H and O–H groups in total. The van der Waals surface area contributed by atoms with Crippen LogP contribution in [0.4, 0.5) is 26.3 Å². The molecule has 2 nitrogen and oxygen atoms in total. The van der Waals surface area contributed by atoms with Crippen LogP contribution in [0.15, 0.2) is 36.5 Å². The van der Waals surface area contributed by atoms with Crippen LogP contribution >= 0.6 is 0 Å². The molecule has 2 aromatic rings. The van der Waals surface area contributed by atoms with Crippen LogP contribution in [0.2, 0.25) is 0 Å². The number of methoxy groups -OCH3 is 1. The lowest BCUT2D eigenvalue weighted by molar-refractivity contribution is -0.138. The summed E-state index contributed by atoms with van der Waals surface area (Å²) in [6.45, 7) is 0. The molecule has 0 aliphatic carbocycles. The summed E-state index contributed by atoms with van der Waals surface area (Å²) < 4.78 is 82.1. The van der Waals surface area contributed by atoms with Crippen molar-refractivity contribution in [2.24, 2.45) is 0 Å². The average molecular weight is 321 g/mol. The van der Waals surface area contributed by atoms with Crippen molar-refractivity contribution >= 4 is 0 Å². The Bertz CT molecular complexity index is 678. The van der Waals surface area contributed by atoms with Crippen molar-refractivity contribution in [1.82, 2.24) is 4.98 Å². The quantitative estimate of drug-likeness (QED) is 0.742. The Balaban J connectivity index is 2.72. The van der Waals surface area contributed by atoms with Crippen molar-refractivity contribution in [2.75, 3.05) is 7.11 Å². The van der Waals surface area contributed by atoms with Crippen LogP contribution in [0, 0.1) is 0 Å². The molecule has 0 atom stereocenters. The summed E-state index contributed by atoms with van der Waals surface area (Å²) in [6.07, 6.45) is -8.92. The number of aromatic nitrogens is 1. The Morgan fingerprint density at radius 3 is 2.09 bits per heavy atom. The summed E-state index contributed by atoms with van der Waals surface area (Å²) in [5.41, 5.74) is -3.01. The van der Waals surface area contributed by atoms with Gasteiger partial charge in [-0.2, -0.15) is 26.3 Å². The highest BCUT2D eigenvalue weighted by Crippen LogP contribution is 2.41. The van der Waals surface area contributed by atoms with Crippen LogP contribution < -0.4 is 4.74 Å². The topological polar surface area (TPSA) is 22.1 Å². The van der Waals surface area contributed by atoms with E-state index in [2.05, 4.69) is 4.98 Å². The molecule has 22 heavy (non-hydrogen) atoms. The van der Waals surface area contributed by atoms with E-state index < -0.39 is 29.0 Å². The number of rotatable bonds is 2. The fourth-order valence-corrected chi connectivity index (χ4v) is 1.93. The number of alkyl halides is 6. The van der Waals surface area contributed by atoms with Gasteiger partial charge in [0.05, 0.1) is 18.2 Å². The number of halogens is 6. The van der Waals surface area contributed by atoms with Gasteiger partial charge in [-0.15, -0.1) is 0 Å². The number of nitrogens with zero attached hydrogens (tertiary/aromatic N) is 1. The van der Waals surface area contributed by atoms with Crippen molar-refractivity contribution in [3.05, 3.63) is 47.7 Å². The molecular weight excluding hydrogens is 312 g/mol. The van der Waals surface area contributed by atoms with Crippen LogP contribution in [0.3, 0.4) is 0 Å². The van der Waals surface area contributed by atoms with Gasteiger partial charge in [-0.1, -0.05) is 18.2 Å². The molecule has 1 heterocycles. The second-order valence-electron chi connectivity index (χ2n) is 4.32. The maximum Gasteiger partial charge on any atom is 0.417 e. The fraction of sp³-hybridized carbons (Fsp3) is 0.214. The smallest absolute Gasteiger partial charge is 0.417 e. The third kappa shape index (κ3) is 3.15. The van der Waals surface area contributed by atoms with Crippen LogP contribution in [-0.2, 0) is 12.4 Å². The second kappa shape index (κ2) is 5.51. The summed E-state index contributed by atoms with van der Waals surface area (Å²) in [5.74, 6) is -0.315. The molecular formula is C14H9F6NO. The predicted molar refractivity (Wildman–Crippen MR) is 66.2 cm³/mol. The Morgan fingerprint density at radius 2 is 1.55 bits per heavy atom. The maximum absolute atomic E-state index is 13.0. The van der Waals surface area contributed by atoms with E-state index in [1.165, 1.54) is 6.07 Å². The molecule has 0 aliphatic heterocycles. The fourth-order valence-electron chi connectivity index (χ4n) is 1.93. The minimum absolute atomic E-state index is 0.315. The van der Waals surface area contributed by atoms with Crippen LogP contribution in [0.1, 0.15) is 11.1 Å². The molecule has 0 spiro atoms. The van der Waals surface area contributed by atoms with Gasteiger partial charge in [-0.25, -0.2) is 4.98 Å². The van der Waals surface area contributed by atoms with Gasteiger partial charge >= 0.3 is 12.4 Å². The molecule has 0 radical (unpaired) electrons. The summed E-state index contributed by atoms with van der Waals surface area (Å²) >= 11 is 0. The number of hydrogen-bond donors (Lipinski definition) is 0. The largest absolute Gasteiger partial charge is 0.481 e. The lowest BCUT2D eigenvalue weighted by atomic mass is 9.99. The van der Waals surface area contributed by atoms with Crippen molar-refractivity contribution in [1.29, 1.82) is 0 Å². The first kappa shape index (κ1) is 16.1. The van der Waals surface area contributed by atoms with Crippen LogP contribution in [0.25, 0.3) is 11.1 Å². The molecule has 0 fully saturated rings. The zero-order chi connectivity index (χ0) is 16.5. The van der Waals surface area contributed by atoms with Gasteiger partial charge in [0.25, 0.3) is 0 Å². The van der Waals surface area contributed by atoms with E-state index in [9.17, 15) is 26.3 Å². The molecule has 8 heteroatoms. The predicted octanol–water partition coefficient (Wildman–Crippen LogP) is 4.79. The van der Waals surface area contributed by atoms with Crippen molar-refractivity contribution < 1.29 is 31.1 Å². The van der Waals surface area contributed by atoms with Crippen molar-refractivity contribution in [2.45, 2.75) is 12.4 Å². The van der Waals surface area contributed by atoms with E-state index in [0.29, 0.717) is 12.3 Å². The van der Waals surface area contributed by atoms with Gasteiger partial charge in [0, 0.05) is 11.8 Å². The monoisotopic (exact) mass is 321 g/mol. The molecule has 2 rings (SSSR count). The van der Waals surface area contributed by atoms with E-state index in [4.69, 9.17) is 4.74 Å². The molecule has 0 amide bonds. The molecule has 0 unspecified atom stereocenters. The number of ether oxygens (including phenoxy) is 1. The molecule has 0 aliphatic rings. The Kier molecular flexibility index (Phi) is 4.04. The standard InChI is InChI=1S/C14H9F6NO/c1-22-12-10(6-8(7-21-12)13(15,16)17)9-4-2-3-5-11(9)14(18,19)20/h2-7H,1H3. The van der Waals surface area contributed by atoms with Gasteiger partial charge in [0.1, 0.15) is 0 Å². The van der Waals surface area contributed by atoms with Gasteiger partial charge in [-0.3, -0.25) is 0 Å². The molecule has 0 saturated heterocycles. The lowest BCUT2D eigenvalue weighted by Crippen LogP contribution is -2.09. The third-order valence-electron chi connectivity index (χ3n) is 2.89. The highest BCUT2D eigenvalue weighted by atomic mass is 19.4. The first-order valence-corrected chi connectivity index (χ1v) is 5.92. The first-order chi connectivity index (χ1) is 10.1. The van der Waals surface area contributed by atoms with E-state index in [1.807, 2.05) is 0 Å². The normalized spacial score (nSPS) is 12.3. The van der Waals surface area contributed by atoms with E-state index in [1.54, 1.807) is 0 Å². The van der Waals surface area contributed by atoms with Crippen LogP contribution in [0.5, 0.6) is 5.88 Å². The van der Waals surface area contributed by atoms with Crippen molar-refractivity contribution in [3.8, 4) is 17.0 Å². The molecule has 0 bridgehead atoms. The molecule has 118 valence electrons. The second-order valence-corrected chi connectivity index (χ2v) is 4.32. The molecule has 1 aromatic heterocycles. The Morgan fingerprint density at radius 1 is 0.909 bits per heavy atom. The summed E-state index contributed by atoms with van der Waals surface area (Å²) in [6, 6.07) is 4.90. The minimum Gasteiger partial charge on any atom is -0.481 e. The maximum atomic E-state index is 13.0. The number of benzene rings is 1. The third-order valence-corrected chi connectivity index (χ3v) is 2.89. The van der Waals surface area contributed by atoms with E-state index in [-0.39, 0.29) is 11.4 Å². The van der Waals surface area contributed by atoms with Gasteiger partial charge in [0.15, 0.2) is 0 Å². The number of hydrogen-bond acceptors (Lipinski definition) is 2. The lowest BCUT2D eigenvalue weighted by Gasteiger charge is -2.16.